The first-order valence-electron chi connectivity index (χ1n) is 7.77. The number of imide groups is 1. The van der Waals surface area contributed by atoms with Crippen LogP contribution in [0.15, 0.2) is 18.2 Å². The first-order valence-corrected chi connectivity index (χ1v) is 8.59. The van der Waals surface area contributed by atoms with Crippen LogP contribution in [0.4, 0.5) is 9.18 Å². The molecule has 6 nitrogen and oxygen atoms in total. The van der Waals surface area contributed by atoms with Gasteiger partial charge >= 0.3 is 12.0 Å². The van der Waals surface area contributed by atoms with Gasteiger partial charge in [-0.05, 0) is 32.9 Å². The molecule has 25 heavy (non-hydrogen) atoms. The smallest absolute Gasteiger partial charge is 0.348 e. The van der Waals surface area contributed by atoms with E-state index in [9.17, 15) is 18.8 Å². The number of fused-ring (bicyclic) bond motifs is 1. The first kappa shape index (κ1) is 17.3. The van der Waals surface area contributed by atoms with Crippen LogP contribution in [0.3, 0.4) is 0 Å². The topological polar surface area (TPSA) is 75.7 Å². The summed E-state index contributed by atoms with van der Waals surface area (Å²) in [6.07, 6.45) is 0. The van der Waals surface area contributed by atoms with Crippen molar-refractivity contribution in [2.75, 3.05) is 6.61 Å². The molecule has 2 heterocycles. The van der Waals surface area contributed by atoms with Gasteiger partial charge in [-0.25, -0.2) is 14.0 Å². The van der Waals surface area contributed by atoms with E-state index in [-0.39, 0.29) is 29.0 Å². The van der Waals surface area contributed by atoms with Crippen molar-refractivity contribution >= 4 is 39.3 Å². The number of urea groups is 1. The number of nitrogens with zero attached hydrogens (tertiary/aromatic N) is 1. The summed E-state index contributed by atoms with van der Waals surface area (Å²) in [7, 11) is 0. The molecule has 0 spiro atoms. The van der Waals surface area contributed by atoms with Crippen molar-refractivity contribution in [1.29, 1.82) is 0 Å². The lowest BCUT2D eigenvalue weighted by Crippen LogP contribution is -2.40. The molecule has 3 rings (SSSR count). The van der Waals surface area contributed by atoms with Crippen LogP contribution >= 0.6 is 11.3 Å². The van der Waals surface area contributed by atoms with E-state index in [0.717, 1.165) is 16.2 Å². The van der Waals surface area contributed by atoms with E-state index in [1.54, 1.807) is 32.9 Å². The summed E-state index contributed by atoms with van der Waals surface area (Å²) in [6, 6.07) is 3.94. The van der Waals surface area contributed by atoms with Crippen LogP contribution in [0.1, 0.15) is 36.0 Å². The largest absolute Gasteiger partial charge is 0.462 e. The molecule has 1 aromatic carbocycles. The second kappa shape index (κ2) is 6.11. The van der Waals surface area contributed by atoms with Crippen molar-refractivity contribution in [2.45, 2.75) is 32.9 Å². The van der Waals surface area contributed by atoms with Crippen LogP contribution in [0.5, 0.6) is 0 Å². The number of thiophene rings is 1. The van der Waals surface area contributed by atoms with Crippen molar-refractivity contribution in [2.24, 2.45) is 0 Å². The molecule has 8 heteroatoms. The van der Waals surface area contributed by atoms with Gasteiger partial charge in [0.25, 0.3) is 5.91 Å². The monoisotopic (exact) mass is 364 g/mol. The minimum absolute atomic E-state index is 0.172. The molecule has 1 N–H and O–H groups in total. The summed E-state index contributed by atoms with van der Waals surface area (Å²) in [6.45, 7) is 4.83. The van der Waals surface area contributed by atoms with Gasteiger partial charge in [0.2, 0.25) is 0 Å². The number of rotatable bonds is 4. The zero-order valence-electron chi connectivity index (χ0n) is 14.0. The molecule has 0 atom stereocenters. The van der Waals surface area contributed by atoms with Gasteiger partial charge in [-0.3, -0.25) is 9.69 Å². The zero-order valence-corrected chi connectivity index (χ0v) is 14.8. The molecule has 1 aliphatic rings. The predicted molar refractivity (Wildman–Crippen MR) is 90.9 cm³/mol. The molecule has 0 saturated carbocycles. The van der Waals surface area contributed by atoms with E-state index in [1.807, 2.05) is 0 Å². The van der Waals surface area contributed by atoms with Crippen LogP contribution in [0, 0.1) is 5.82 Å². The fourth-order valence-corrected chi connectivity index (χ4v) is 3.92. The van der Waals surface area contributed by atoms with E-state index in [1.165, 1.54) is 6.07 Å². The van der Waals surface area contributed by atoms with E-state index >= 15 is 0 Å². The number of nitrogens with one attached hydrogen (secondary N) is 1. The number of benzene rings is 1. The Morgan fingerprint density at radius 1 is 1.36 bits per heavy atom. The minimum Gasteiger partial charge on any atom is -0.462 e. The van der Waals surface area contributed by atoms with Gasteiger partial charge in [0, 0.05) is 15.6 Å². The molecule has 0 bridgehead atoms. The lowest BCUT2D eigenvalue weighted by atomic mass is 10.1. The number of ether oxygens (including phenoxy) is 1. The summed E-state index contributed by atoms with van der Waals surface area (Å²) in [5.41, 5.74) is -0.747. The quantitative estimate of drug-likeness (QED) is 0.668. The Labute approximate surface area is 147 Å². The first-order chi connectivity index (χ1) is 11.8. The van der Waals surface area contributed by atoms with Gasteiger partial charge in [-0.1, -0.05) is 6.07 Å². The predicted octanol–water partition coefficient (Wildman–Crippen LogP) is 3.05. The maximum Gasteiger partial charge on any atom is 0.348 e. The standard InChI is InChI=1S/C17H17FN2O4S/c1-4-24-14(21)13-9(12-10(18)6-5-7-11(12)25-13)8-20-15(22)17(2,3)19-16(20)23/h5-7H,4,8H2,1-3H3,(H,19,23). The maximum atomic E-state index is 14.4. The highest BCUT2D eigenvalue weighted by Crippen LogP contribution is 2.35. The lowest BCUT2D eigenvalue weighted by molar-refractivity contribution is -0.130. The zero-order chi connectivity index (χ0) is 18.4. The van der Waals surface area contributed by atoms with Crippen molar-refractivity contribution in [1.82, 2.24) is 10.2 Å². The highest BCUT2D eigenvalue weighted by Gasteiger charge is 2.44. The number of halogens is 1. The van der Waals surface area contributed by atoms with Crippen LogP contribution in [0.2, 0.25) is 0 Å². The molecular weight excluding hydrogens is 347 g/mol. The fourth-order valence-electron chi connectivity index (χ4n) is 2.80. The number of hydrogen-bond donors (Lipinski definition) is 1. The van der Waals surface area contributed by atoms with E-state index in [0.29, 0.717) is 4.70 Å². The van der Waals surface area contributed by atoms with Crippen LogP contribution in [-0.4, -0.2) is 35.0 Å². The molecule has 132 valence electrons. The summed E-state index contributed by atoms with van der Waals surface area (Å²) < 4.78 is 20.0. The Balaban J connectivity index is 2.11. The molecule has 1 aliphatic heterocycles. The van der Waals surface area contributed by atoms with Gasteiger partial charge in [0.15, 0.2) is 0 Å². The molecule has 2 aromatic rings. The Hall–Kier alpha value is -2.48. The molecule has 1 aromatic heterocycles. The van der Waals surface area contributed by atoms with Crippen molar-refractivity contribution in [3.63, 3.8) is 0 Å². The Kier molecular flexibility index (Phi) is 4.24. The molecular formula is C17H17FN2O4S. The highest BCUT2D eigenvalue weighted by molar-refractivity contribution is 7.21. The third kappa shape index (κ3) is 2.86. The average Bonchev–Trinajstić information content (AvgIpc) is 2.99. The normalized spacial score (nSPS) is 16.4. The number of esters is 1. The maximum absolute atomic E-state index is 14.4. The number of hydrogen-bond acceptors (Lipinski definition) is 5. The van der Waals surface area contributed by atoms with Crippen molar-refractivity contribution < 1.29 is 23.5 Å². The van der Waals surface area contributed by atoms with Crippen LogP contribution in [-0.2, 0) is 16.1 Å². The lowest BCUT2D eigenvalue weighted by Gasteiger charge is -2.16. The molecule has 1 fully saturated rings. The number of carbonyl (C=O) groups excluding carboxylic acids is 3. The fraction of sp³-hybridized carbons (Fsp3) is 0.353. The molecule has 1 saturated heterocycles. The number of amides is 3. The summed E-state index contributed by atoms with van der Waals surface area (Å²) in [5, 5.41) is 2.81. The third-order valence-electron chi connectivity index (χ3n) is 3.98. The highest BCUT2D eigenvalue weighted by atomic mass is 32.1. The van der Waals surface area contributed by atoms with Gasteiger partial charge in [-0.15, -0.1) is 11.3 Å². The second-order valence-electron chi connectivity index (χ2n) is 6.19. The molecule has 0 unspecified atom stereocenters. The number of carbonyl (C=O) groups is 3. The van der Waals surface area contributed by atoms with Crippen molar-refractivity contribution in [3.8, 4) is 0 Å². The van der Waals surface area contributed by atoms with E-state index < -0.39 is 29.3 Å². The van der Waals surface area contributed by atoms with Crippen LogP contribution in [0.25, 0.3) is 10.1 Å². The summed E-state index contributed by atoms with van der Waals surface area (Å²) in [5.74, 6) is -1.53. The van der Waals surface area contributed by atoms with E-state index in [4.69, 9.17) is 4.74 Å². The SMILES string of the molecule is CCOC(=O)c1sc2cccc(F)c2c1CN1C(=O)NC(C)(C)C1=O. The Bertz CT molecular complexity index is 890. The van der Waals surface area contributed by atoms with Gasteiger partial charge < -0.3 is 10.1 Å². The summed E-state index contributed by atoms with van der Waals surface area (Å²) >= 11 is 1.09. The Morgan fingerprint density at radius 2 is 2.08 bits per heavy atom. The van der Waals surface area contributed by atoms with Gasteiger partial charge in [-0.2, -0.15) is 0 Å². The third-order valence-corrected chi connectivity index (χ3v) is 5.16. The molecule has 0 aliphatic carbocycles. The molecule has 3 amide bonds. The van der Waals surface area contributed by atoms with Crippen molar-refractivity contribution in [3.05, 3.63) is 34.5 Å². The van der Waals surface area contributed by atoms with E-state index in [2.05, 4.69) is 5.32 Å². The summed E-state index contributed by atoms with van der Waals surface area (Å²) in [4.78, 5) is 38.0. The molecule has 0 radical (unpaired) electrons. The van der Waals surface area contributed by atoms with Gasteiger partial charge in [0.1, 0.15) is 16.2 Å². The average molecular weight is 364 g/mol. The van der Waals surface area contributed by atoms with Gasteiger partial charge in [0.05, 0.1) is 13.2 Å². The minimum atomic E-state index is -1.04. The second-order valence-corrected chi connectivity index (χ2v) is 7.24. The Morgan fingerprint density at radius 3 is 2.68 bits per heavy atom. The van der Waals surface area contributed by atoms with Crippen LogP contribution < -0.4 is 5.32 Å².